The van der Waals surface area contributed by atoms with Crippen LogP contribution in [-0.4, -0.2) is 50.4 Å². The van der Waals surface area contributed by atoms with Crippen molar-refractivity contribution < 1.29 is 36.6 Å². The molecule has 0 bridgehead atoms. The Morgan fingerprint density at radius 2 is 1.73 bits per heavy atom. The number of ether oxygens (including phenoxy) is 3. The van der Waals surface area contributed by atoms with Crippen LogP contribution in [0.25, 0.3) is 0 Å². The Bertz CT molecular complexity index is 1020. The van der Waals surface area contributed by atoms with E-state index < -0.39 is 29.3 Å². The van der Waals surface area contributed by atoms with Gasteiger partial charge in [0.2, 0.25) is 0 Å². The number of benzene rings is 2. The summed E-state index contributed by atoms with van der Waals surface area (Å²) in [5.74, 6) is -3.25. The van der Waals surface area contributed by atoms with Crippen molar-refractivity contribution in [1.82, 2.24) is 4.90 Å². The molecule has 178 valence electrons. The van der Waals surface area contributed by atoms with E-state index in [0.29, 0.717) is 28.6 Å². The number of hydrogen-bond donors (Lipinski definition) is 0. The molecule has 10 heteroatoms. The average molecular weight is 485 g/mol. The van der Waals surface area contributed by atoms with Gasteiger partial charge in [-0.15, -0.1) is 0 Å². The first-order chi connectivity index (χ1) is 15.5. The van der Waals surface area contributed by atoms with Gasteiger partial charge in [0.05, 0.1) is 19.8 Å². The second kappa shape index (κ2) is 8.90. The predicted molar refractivity (Wildman–Crippen MR) is 112 cm³/mol. The molecule has 1 atom stereocenters. The second-order valence-electron chi connectivity index (χ2n) is 8.12. The number of rotatable bonds is 5. The molecule has 0 aliphatic carbocycles. The molecule has 2 fully saturated rings. The van der Waals surface area contributed by atoms with E-state index in [1.807, 2.05) is 31.2 Å². The molecule has 2 saturated heterocycles. The Morgan fingerprint density at radius 1 is 1.06 bits per heavy atom. The highest BCUT2D eigenvalue weighted by Gasteiger charge is 2.49. The molecule has 2 aliphatic heterocycles. The molecule has 2 heterocycles. The van der Waals surface area contributed by atoms with Crippen LogP contribution in [0.1, 0.15) is 24.5 Å². The van der Waals surface area contributed by atoms with E-state index in [1.54, 1.807) is 6.07 Å². The van der Waals surface area contributed by atoms with Gasteiger partial charge in [-0.05, 0) is 49.2 Å². The lowest BCUT2D eigenvalue weighted by atomic mass is 9.92. The fourth-order valence-corrected chi connectivity index (χ4v) is 5.08. The lowest BCUT2D eigenvalue weighted by molar-refractivity contribution is -0.185. The van der Waals surface area contributed by atoms with Crippen LogP contribution in [0.5, 0.6) is 0 Å². The van der Waals surface area contributed by atoms with Gasteiger partial charge < -0.3 is 19.1 Å². The molecule has 2 aromatic rings. The highest BCUT2D eigenvalue weighted by molar-refractivity contribution is 7.99. The Hall–Kier alpha value is -2.14. The molecule has 0 spiro atoms. The Kier molecular flexibility index (Phi) is 6.47. The van der Waals surface area contributed by atoms with E-state index in [-0.39, 0.29) is 19.5 Å². The molecule has 0 aromatic heterocycles. The number of halogens is 4. The summed E-state index contributed by atoms with van der Waals surface area (Å²) in [4.78, 5) is 13.8. The van der Waals surface area contributed by atoms with Crippen molar-refractivity contribution in [2.45, 2.75) is 40.7 Å². The third kappa shape index (κ3) is 4.89. The highest BCUT2D eigenvalue weighted by Crippen LogP contribution is 2.40. The van der Waals surface area contributed by atoms with Crippen molar-refractivity contribution in [3.8, 4) is 0 Å². The fraction of sp³-hybridized carbons (Fsp3) is 0.435. The lowest BCUT2D eigenvalue weighted by Crippen LogP contribution is -2.42. The summed E-state index contributed by atoms with van der Waals surface area (Å²) in [5.41, 5.74) is 0.0401. The number of amides is 1. The third-order valence-corrected chi connectivity index (χ3v) is 6.98. The fourth-order valence-electron chi connectivity index (χ4n) is 4.18. The first-order valence-corrected chi connectivity index (χ1v) is 11.1. The minimum Gasteiger partial charge on any atom is -0.372 e. The Balaban J connectivity index is 1.55. The quantitative estimate of drug-likeness (QED) is 0.568. The third-order valence-electron chi connectivity index (χ3n) is 6.00. The smallest absolute Gasteiger partial charge is 0.372 e. The molecule has 1 amide bonds. The van der Waals surface area contributed by atoms with E-state index in [2.05, 4.69) is 0 Å². The molecule has 4 rings (SSSR count). The van der Waals surface area contributed by atoms with Crippen LogP contribution in [0, 0.1) is 5.82 Å². The first-order valence-electron chi connectivity index (χ1n) is 10.3. The van der Waals surface area contributed by atoms with Crippen molar-refractivity contribution in [1.29, 1.82) is 0 Å². The van der Waals surface area contributed by atoms with Gasteiger partial charge in [-0.3, -0.25) is 4.79 Å². The minimum absolute atomic E-state index is 0.129. The Labute approximate surface area is 193 Å². The maximum Gasteiger partial charge on any atom is 0.471 e. The number of carbonyl (C=O) groups is 1. The monoisotopic (exact) mass is 485 g/mol. The Morgan fingerprint density at radius 3 is 2.33 bits per heavy atom. The van der Waals surface area contributed by atoms with E-state index in [0.717, 1.165) is 10.5 Å². The summed E-state index contributed by atoms with van der Waals surface area (Å²) in [6, 6.07) is 11.8. The molecule has 2 aliphatic rings. The number of methoxy groups -OCH3 is 1. The maximum atomic E-state index is 14.5. The molecule has 0 radical (unpaired) electrons. The normalized spacial score (nSPS) is 22.7. The highest BCUT2D eigenvalue weighted by atomic mass is 32.2. The van der Waals surface area contributed by atoms with Crippen molar-refractivity contribution in [3.05, 3.63) is 59.4 Å². The zero-order valence-electron chi connectivity index (χ0n) is 18.1. The average Bonchev–Trinajstić information content (AvgIpc) is 3.41. The largest absolute Gasteiger partial charge is 0.471 e. The van der Waals surface area contributed by atoms with Gasteiger partial charge in [0.25, 0.3) is 0 Å². The number of alkyl halides is 3. The minimum atomic E-state index is -4.97. The molecular formula is C23H23F4NO4S. The summed E-state index contributed by atoms with van der Waals surface area (Å²) in [6.45, 7) is 2.45. The summed E-state index contributed by atoms with van der Waals surface area (Å²) < 4.78 is 70.0. The van der Waals surface area contributed by atoms with Crippen molar-refractivity contribution in [3.63, 3.8) is 0 Å². The molecule has 33 heavy (non-hydrogen) atoms. The van der Waals surface area contributed by atoms with Gasteiger partial charge in [-0.25, -0.2) is 4.39 Å². The van der Waals surface area contributed by atoms with Gasteiger partial charge in [0.15, 0.2) is 5.79 Å². The van der Waals surface area contributed by atoms with Gasteiger partial charge in [-0.1, -0.05) is 23.9 Å². The van der Waals surface area contributed by atoms with Gasteiger partial charge in [0, 0.05) is 29.0 Å². The van der Waals surface area contributed by atoms with Crippen molar-refractivity contribution >= 4 is 17.7 Å². The van der Waals surface area contributed by atoms with E-state index in [4.69, 9.17) is 14.2 Å². The summed E-state index contributed by atoms with van der Waals surface area (Å²) in [5, 5.41) is 0. The van der Waals surface area contributed by atoms with Gasteiger partial charge in [-0.2, -0.15) is 13.2 Å². The topological polar surface area (TPSA) is 48.0 Å². The number of nitrogens with zero attached hydrogens (tertiary/aromatic N) is 1. The van der Waals surface area contributed by atoms with Crippen LogP contribution in [0.4, 0.5) is 17.6 Å². The van der Waals surface area contributed by atoms with Gasteiger partial charge in [0.1, 0.15) is 11.4 Å². The molecule has 2 aromatic carbocycles. The maximum absolute atomic E-state index is 14.5. The van der Waals surface area contributed by atoms with E-state index in [1.165, 1.54) is 31.0 Å². The van der Waals surface area contributed by atoms with E-state index >= 15 is 0 Å². The molecule has 0 N–H and O–H groups in total. The number of likely N-dealkylation sites (tertiary alicyclic amines) is 1. The predicted octanol–water partition coefficient (Wildman–Crippen LogP) is 4.83. The van der Waals surface area contributed by atoms with Crippen LogP contribution in [0.15, 0.2) is 52.3 Å². The van der Waals surface area contributed by atoms with Crippen LogP contribution >= 0.6 is 11.8 Å². The van der Waals surface area contributed by atoms with E-state index in [9.17, 15) is 22.4 Å². The summed E-state index contributed by atoms with van der Waals surface area (Å²) >= 11 is 1.31. The van der Waals surface area contributed by atoms with Crippen LogP contribution in [0.2, 0.25) is 0 Å². The second-order valence-corrected chi connectivity index (χ2v) is 9.26. The number of hydrogen-bond acceptors (Lipinski definition) is 5. The molecule has 1 unspecified atom stereocenters. The van der Waals surface area contributed by atoms with Crippen LogP contribution in [0.3, 0.4) is 0 Å². The first kappa shape index (κ1) is 24.0. The summed E-state index contributed by atoms with van der Waals surface area (Å²) in [7, 11) is 1.35. The SMILES string of the molecule is COC1(c2cc(F)cc(Sc3ccc(C4(C)OCCO4)cc3)c2)CCN(C(=O)C(F)(F)F)C1. The molecule has 0 saturated carbocycles. The van der Waals surface area contributed by atoms with Gasteiger partial charge >= 0.3 is 12.1 Å². The van der Waals surface area contributed by atoms with Crippen LogP contribution < -0.4 is 0 Å². The van der Waals surface area contributed by atoms with Crippen molar-refractivity contribution in [2.75, 3.05) is 33.4 Å². The van der Waals surface area contributed by atoms with Crippen LogP contribution in [-0.2, 0) is 30.4 Å². The molecular weight excluding hydrogens is 462 g/mol. The summed E-state index contributed by atoms with van der Waals surface area (Å²) in [6.07, 6.45) is -4.84. The zero-order valence-corrected chi connectivity index (χ0v) is 18.9. The van der Waals surface area contributed by atoms with Crippen molar-refractivity contribution in [2.24, 2.45) is 0 Å². The standard InChI is InChI=1S/C23H23F4NO4S/c1-21(31-9-10-32-21)15-3-5-18(6-4-15)33-19-12-16(11-17(24)13-19)22(30-2)7-8-28(14-22)20(29)23(25,26)27/h3-6,11-13H,7-10,14H2,1-2H3. The molecule has 5 nitrogen and oxygen atoms in total. The lowest BCUT2D eigenvalue weighted by Gasteiger charge is -2.29. The number of carbonyl (C=O) groups excluding carboxylic acids is 1. The zero-order chi connectivity index (χ0) is 23.9.